The molecule has 1 aliphatic rings. The minimum Gasteiger partial charge on any atom is -0.493 e. The number of ether oxygens (including phenoxy) is 1. The van der Waals surface area contributed by atoms with Gasteiger partial charge in [-0.3, -0.25) is 0 Å². The van der Waals surface area contributed by atoms with Crippen LogP contribution >= 0.6 is 10.7 Å². The molecule has 29 heavy (non-hydrogen) atoms. The second-order valence-corrected chi connectivity index (χ2v) is 10.4. The number of anilines is 1. The minimum atomic E-state index is 0.151. The van der Waals surface area contributed by atoms with Crippen molar-refractivity contribution in [3.8, 4) is 5.75 Å². The molecule has 3 rings (SSSR count). The van der Waals surface area contributed by atoms with E-state index in [1.54, 1.807) is 0 Å². The van der Waals surface area contributed by atoms with Gasteiger partial charge in [0.1, 0.15) is 5.75 Å². The van der Waals surface area contributed by atoms with Gasteiger partial charge in [-0.2, -0.15) is 0 Å². The van der Waals surface area contributed by atoms with Gasteiger partial charge < -0.3 is 13.9 Å². The van der Waals surface area contributed by atoms with E-state index in [4.69, 9.17) is 4.74 Å². The topological polar surface area (TPSA) is 15.7 Å². The van der Waals surface area contributed by atoms with E-state index >= 15 is 0 Å². The van der Waals surface area contributed by atoms with E-state index in [-0.39, 0.29) is 10.7 Å². The summed E-state index contributed by atoms with van der Waals surface area (Å²) < 4.78 is 8.46. The Morgan fingerprint density at radius 2 is 1.93 bits per heavy atom. The van der Waals surface area contributed by atoms with Gasteiger partial charge in [-0.1, -0.05) is 36.8 Å². The molecule has 0 saturated carbocycles. The highest BCUT2D eigenvalue weighted by Crippen LogP contribution is 2.27. The van der Waals surface area contributed by atoms with E-state index < -0.39 is 0 Å². The highest BCUT2D eigenvalue weighted by Gasteiger charge is 2.29. The lowest BCUT2D eigenvalue weighted by Gasteiger charge is -2.21. The summed E-state index contributed by atoms with van der Waals surface area (Å²) in [5.74, 6) is 2.26. The fourth-order valence-corrected chi connectivity index (χ4v) is 4.75. The lowest BCUT2D eigenvalue weighted by molar-refractivity contribution is 0.225. The Bertz CT molecular complexity index is 818. The van der Waals surface area contributed by atoms with Crippen LogP contribution in [0.4, 0.5) is 5.69 Å². The van der Waals surface area contributed by atoms with Gasteiger partial charge in [0.05, 0.1) is 6.61 Å². The number of aryl methyl sites for hydroxylation is 1. The van der Waals surface area contributed by atoms with Gasteiger partial charge in [-0.25, -0.2) is 0 Å². The van der Waals surface area contributed by atoms with E-state index in [1.165, 1.54) is 23.4 Å². The first-order chi connectivity index (χ1) is 14.0. The largest absolute Gasteiger partial charge is 0.493 e. The molecule has 0 aliphatic carbocycles. The summed E-state index contributed by atoms with van der Waals surface area (Å²) in [6, 6.07) is 17.4. The predicted molar refractivity (Wildman–Crippen MR) is 130 cm³/mol. The fraction of sp³-hybridized carbons (Fsp3) is 0.480. The number of hydrogen-bond acceptors (Lipinski definition) is 3. The van der Waals surface area contributed by atoms with E-state index in [1.807, 2.05) is 0 Å². The molecular formula is C25H36N2OS. The monoisotopic (exact) mass is 412 g/mol. The van der Waals surface area contributed by atoms with Crippen molar-refractivity contribution >= 4 is 21.7 Å². The van der Waals surface area contributed by atoms with Crippen molar-refractivity contribution in [3.05, 3.63) is 59.7 Å². The maximum atomic E-state index is 6.16. The molecule has 1 heterocycles. The van der Waals surface area contributed by atoms with Crippen molar-refractivity contribution in [2.75, 3.05) is 43.8 Å². The molecule has 0 amide bonds. The number of likely N-dealkylation sites (tertiary alicyclic amines) is 1. The van der Waals surface area contributed by atoms with Crippen molar-refractivity contribution < 1.29 is 4.74 Å². The minimum absolute atomic E-state index is 0.151. The molecule has 0 bridgehead atoms. The second-order valence-electron chi connectivity index (χ2n) is 8.30. The molecule has 158 valence electrons. The van der Waals surface area contributed by atoms with Crippen LogP contribution in [0.5, 0.6) is 5.75 Å². The molecule has 2 aromatic carbocycles. The van der Waals surface area contributed by atoms with Crippen LogP contribution in [0.15, 0.2) is 48.5 Å². The van der Waals surface area contributed by atoms with E-state index in [0.717, 1.165) is 31.9 Å². The third kappa shape index (κ3) is 6.10. The van der Waals surface area contributed by atoms with Crippen LogP contribution in [0.1, 0.15) is 25.0 Å². The van der Waals surface area contributed by atoms with Crippen LogP contribution in [0.2, 0.25) is 0 Å². The molecule has 3 nitrogen and oxygen atoms in total. The molecule has 0 radical (unpaired) electrons. The number of rotatable bonds is 8. The Morgan fingerprint density at radius 3 is 2.62 bits per heavy atom. The van der Waals surface area contributed by atoms with Gasteiger partial charge in [-0.05, 0) is 67.6 Å². The fourth-order valence-electron chi connectivity index (χ4n) is 3.98. The van der Waals surface area contributed by atoms with Gasteiger partial charge in [0.2, 0.25) is 0 Å². The van der Waals surface area contributed by atoms with Crippen molar-refractivity contribution in [2.24, 2.45) is 11.8 Å². The van der Waals surface area contributed by atoms with Gasteiger partial charge >= 0.3 is 0 Å². The summed E-state index contributed by atoms with van der Waals surface area (Å²) in [4.78, 5) is 2.60. The number of benzene rings is 2. The highest BCUT2D eigenvalue weighted by molar-refractivity contribution is 8.15. The van der Waals surface area contributed by atoms with E-state index in [0.29, 0.717) is 11.8 Å². The van der Waals surface area contributed by atoms with Crippen LogP contribution in [0, 0.1) is 18.8 Å². The molecule has 4 heteroatoms. The van der Waals surface area contributed by atoms with Gasteiger partial charge in [-0.15, -0.1) is 10.7 Å². The maximum absolute atomic E-state index is 6.16. The SMILES string of the molecule is C/C=S(\C)N(C)c1ccc(OC[C@H]2CN(CCc3cccc(C)c3)C[C@@H]2C)cc1. The van der Waals surface area contributed by atoms with Crippen LogP contribution in [-0.2, 0) is 6.42 Å². The summed E-state index contributed by atoms with van der Waals surface area (Å²) in [7, 11) is 2.29. The lowest BCUT2D eigenvalue weighted by atomic mass is 9.99. The van der Waals surface area contributed by atoms with Gasteiger partial charge in [0.15, 0.2) is 0 Å². The van der Waals surface area contributed by atoms with Crippen LogP contribution < -0.4 is 9.04 Å². The molecule has 0 aromatic heterocycles. The lowest BCUT2D eigenvalue weighted by Crippen LogP contribution is -2.24. The Kier molecular flexibility index (Phi) is 7.79. The zero-order valence-corrected chi connectivity index (χ0v) is 19.4. The maximum Gasteiger partial charge on any atom is 0.119 e. The molecule has 0 N–H and O–H groups in total. The average molecular weight is 413 g/mol. The summed E-state index contributed by atoms with van der Waals surface area (Å²) in [5, 5.41) is 2.23. The summed E-state index contributed by atoms with van der Waals surface area (Å²) in [6.07, 6.45) is 3.36. The number of nitrogens with zero attached hydrogens (tertiary/aromatic N) is 2. The third-order valence-electron chi connectivity index (χ3n) is 6.08. The average Bonchev–Trinajstić information content (AvgIpc) is 3.09. The molecular weight excluding hydrogens is 376 g/mol. The Hall–Kier alpha value is -1.78. The molecule has 1 fully saturated rings. The van der Waals surface area contributed by atoms with Crippen molar-refractivity contribution in [2.45, 2.75) is 27.2 Å². The molecule has 1 unspecified atom stereocenters. The third-order valence-corrected chi connectivity index (χ3v) is 7.84. The first kappa shape index (κ1) is 21.9. The first-order valence-corrected chi connectivity index (χ1v) is 12.3. The van der Waals surface area contributed by atoms with Crippen molar-refractivity contribution in [3.63, 3.8) is 0 Å². The zero-order chi connectivity index (χ0) is 20.8. The van der Waals surface area contributed by atoms with Gasteiger partial charge in [0.25, 0.3) is 0 Å². The summed E-state index contributed by atoms with van der Waals surface area (Å²) >= 11 is 0. The van der Waals surface area contributed by atoms with E-state index in [2.05, 4.69) is 97.2 Å². The highest BCUT2D eigenvalue weighted by atomic mass is 32.2. The Balaban J connectivity index is 1.47. The first-order valence-electron chi connectivity index (χ1n) is 10.6. The predicted octanol–water partition coefficient (Wildman–Crippen LogP) is 5.26. The van der Waals surface area contributed by atoms with Crippen molar-refractivity contribution in [1.29, 1.82) is 0 Å². The molecule has 0 spiro atoms. The van der Waals surface area contributed by atoms with Crippen LogP contribution in [0.25, 0.3) is 0 Å². The molecule has 2 aromatic rings. The molecule has 1 aliphatic heterocycles. The van der Waals surface area contributed by atoms with Crippen LogP contribution in [-0.4, -0.2) is 49.8 Å². The Morgan fingerprint density at radius 1 is 1.17 bits per heavy atom. The molecule has 3 atom stereocenters. The quantitative estimate of drug-likeness (QED) is 0.550. The van der Waals surface area contributed by atoms with E-state index in [9.17, 15) is 0 Å². The standard InChI is InChI=1S/C25H36N2OS/c1-6-29(5)26(4)24-10-12-25(13-11-24)28-19-23-18-27(17-21(23)3)15-14-22-9-7-8-20(2)16-22/h6-13,16,21,23H,14-15,17-19H2,1-5H3/t21-,23+,29?/m0/s1. The summed E-state index contributed by atoms with van der Waals surface area (Å²) in [6.45, 7) is 10.9. The van der Waals surface area contributed by atoms with Crippen LogP contribution in [0.3, 0.4) is 0 Å². The number of hydrogen-bond donors (Lipinski definition) is 0. The van der Waals surface area contributed by atoms with Crippen molar-refractivity contribution in [1.82, 2.24) is 4.90 Å². The molecule has 1 saturated heterocycles. The second kappa shape index (κ2) is 10.3. The zero-order valence-electron chi connectivity index (χ0n) is 18.6. The normalized spacial score (nSPS) is 20.7. The Labute approximate surface area is 179 Å². The smallest absolute Gasteiger partial charge is 0.119 e. The summed E-state index contributed by atoms with van der Waals surface area (Å²) in [5.41, 5.74) is 4.03. The van der Waals surface area contributed by atoms with Gasteiger partial charge in [0, 0.05) is 38.3 Å².